The van der Waals surface area contributed by atoms with Crippen LogP contribution in [0.25, 0.3) is 0 Å². The molecule has 134 valence electrons. The summed E-state index contributed by atoms with van der Waals surface area (Å²) in [7, 11) is 0. The van der Waals surface area contributed by atoms with Gasteiger partial charge in [-0.25, -0.2) is 0 Å². The summed E-state index contributed by atoms with van der Waals surface area (Å²) < 4.78 is 0. The fourth-order valence-electron chi connectivity index (χ4n) is 4.69. The van der Waals surface area contributed by atoms with Crippen LogP contribution in [-0.2, 0) is 6.42 Å². The van der Waals surface area contributed by atoms with Gasteiger partial charge in [-0.05, 0) is 52.8 Å². The molecule has 0 amide bonds. The van der Waals surface area contributed by atoms with Crippen LogP contribution in [0.5, 0.6) is 0 Å². The van der Waals surface area contributed by atoms with Gasteiger partial charge in [-0.2, -0.15) is 0 Å². The summed E-state index contributed by atoms with van der Waals surface area (Å²) in [4.78, 5) is 11.0. The Hall–Kier alpha value is -2.85. The predicted octanol–water partition coefficient (Wildman–Crippen LogP) is 5.72. The summed E-state index contributed by atoms with van der Waals surface area (Å²) in [5.74, 6) is 0.428. The van der Waals surface area contributed by atoms with Gasteiger partial charge in [0, 0.05) is 28.8 Å². The maximum atomic E-state index is 11.3. The Morgan fingerprint density at radius 1 is 1.00 bits per heavy atom. The molecule has 3 atom stereocenters. The normalized spacial score (nSPS) is 22.3. The van der Waals surface area contributed by atoms with Gasteiger partial charge in [0.05, 0.1) is 11.0 Å². The summed E-state index contributed by atoms with van der Waals surface area (Å²) in [5.41, 5.74) is 5.86. The molecule has 5 heteroatoms. The van der Waals surface area contributed by atoms with E-state index in [-0.39, 0.29) is 28.5 Å². The lowest BCUT2D eigenvalue weighted by Gasteiger charge is -2.38. The van der Waals surface area contributed by atoms with Crippen molar-refractivity contribution in [3.8, 4) is 0 Å². The molecule has 27 heavy (non-hydrogen) atoms. The highest BCUT2D eigenvalue weighted by Gasteiger charge is 2.43. The molecule has 3 aromatic rings. The predicted molar refractivity (Wildman–Crippen MR) is 106 cm³/mol. The molecule has 3 aromatic carbocycles. The molecule has 0 fully saturated rings. The number of halogens is 1. The summed E-state index contributed by atoms with van der Waals surface area (Å²) in [5, 5.41) is 15.7. The summed E-state index contributed by atoms with van der Waals surface area (Å²) >= 11 is 6.25. The van der Waals surface area contributed by atoms with Crippen molar-refractivity contribution in [1.29, 1.82) is 0 Å². The maximum Gasteiger partial charge on any atom is 0.269 e. The first-order chi connectivity index (χ1) is 13.1. The highest BCUT2D eigenvalue weighted by atomic mass is 35.5. The van der Waals surface area contributed by atoms with Crippen LogP contribution >= 0.6 is 11.6 Å². The zero-order chi connectivity index (χ0) is 18.5. The molecular weight excluding hydrogens is 360 g/mol. The van der Waals surface area contributed by atoms with Crippen molar-refractivity contribution in [2.45, 2.75) is 18.4 Å². The van der Waals surface area contributed by atoms with Gasteiger partial charge in [-0.15, -0.1) is 0 Å². The van der Waals surface area contributed by atoms with Crippen molar-refractivity contribution in [2.75, 3.05) is 5.32 Å². The van der Waals surface area contributed by atoms with Gasteiger partial charge in [-0.3, -0.25) is 10.1 Å². The van der Waals surface area contributed by atoms with Gasteiger partial charge < -0.3 is 5.32 Å². The topological polar surface area (TPSA) is 55.2 Å². The number of benzene rings is 3. The molecule has 1 N–H and O–H groups in total. The third-order valence-electron chi connectivity index (χ3n) is 5.80. The lowest BCUT2D eigenvalue weighted by molar-refractivity contribution is -0.384. The van der Waals surface area contributed by atoms with Crippen LogP contribution in [0.1, 0.15) is 34.2 Å². The number of nitrogens with one attached hydrogen (secondary N) is 1. The van der Waals surface area contributed by atoms with Crippen LogP contribution in [0, 0.1) is 16.0 Å². The molecule has 0 spiro atoms. The van der Waals surface area contributed by atoms with Gasteiger partial charge in [0.25, 0.3) is 5.69 Å². The molecule has 0 saturated carbocycles. The molecule has 0 aromatic heterocycles. The second-order valence-corrected chi connectivity index (χ2v) is 7.69. The van der Waals surface area contributed by atoms with E-state index in [2.05, 4.69) is 35.6 Å². The number of nitrogens with zero attached hydrogens (tertiary/aromatic N) is 1. The average molecular weight is 377 g/mol. The number of nitro groups is 1. The summed E-state index contributed by atoms with van der Waals surface area (Å²) in [6, 6.07) is 21.6. The standard InChI is InChI=1S/C22H17ClN2O2/c23-15-6-3-5-14(10-15)22-19-11-13-4-1-2-7-17(13)21(19)18-12-16(25(26)27)8-9-20(18)24-22/h1-10,12,19,21-22,24H,11H2/t19-,21+,22-/m1/s1. The lowest BCUT2D eigenvalue weighted by Crippen LogP contribution is -2.30. The van der Waals surface area contributed by atoms with E-state index in [1.807, 2.05) is 24.3 Å². The largest absolute Gasteiger partial charge is 0.378 e. The summed E-state index contributed by atoms with van der Waals surface area (Å²) in [6.07, 6.45) is 0.938. The molecule has 0 saturated heterocycles. The van der Waals surface area contributed by atoms with Crippen LogP contribution in [0.2, 0.25) is 5.02 Å². The van der Waals surface area contributed by atoms with Crippen molar-refractivity contribution in [2.24, 2.45) is 5.92 Å². The number of non-ortho nitro benzene ring substituents is 1. The Balaban J connectivity index is 1.69. The SMILES string of the molecule is O=[N+]([O-])c1ccc2c(c1)[C@@H]1c3ccccc3C[C@H]1[C@@H](c1cccc(Cl)c1)N2. The minimum atomic E-state index is -0.320. The van der Waals surface area contributed by atoms with E-state index in [0.717, 1.165) is 28.3 Å². The Morgan fingerprint density at radius 3 is 2.67 bits per heavy atom. The Bertz CT molecular complexity index is 1070. The van der Waals surface area contributed by atoms with Crippen LogP contribution < -0.4 is 5.32 Å². The monoisotopic (exact) mass is 376 g/mol. The summed E-state index contributed by atoms with van der Waals surface area (Å²) in [6.45, 7) is 0. The van der Waals surface area contributed by atoms with Gasteiger partial charge in [0.2, 0.25) is 0 Å². The number of fused-ring (bicyclic) bond motifs is 5. The van der Waals surface area contributed by atoms with E-state index in [1.165, 1.54) is 11.1 Å². The first-order valence-electron chi connectivity index (χ1n) is 9.00. The minimum absolute atomic E-state index is 0.107. The molecule has 1 aliphatic carbocycles. The molecule has 0 radical (unpaired) electrons. The second kappa shape index (κ2) is 6.10. The van der Waals surface area contributed by atoms with Gasteiger partial charge in [0.1, 0.15) is 0 Å². The maximum absolute atomic E-state index is 11.3. The molecule has 4 nitrogen and oxygen atoms in total. The third kappa shape index (κ3) is 2.60. The minimum Gasteiger partial charge on any atom is -0.378 e. The Kier molecular flexibility index (Phi) is 3.69. The van der Waals surface area contributed by atoms with Crippen LogP contribution in [-0.4, -0.2) is 4.92 Å². The van der Waals surface area contributed by atoms with Gasteiger partial charge in [0.15, 0.2) is 0 Å². The first kappa shape index (κ1) is 16.3. The van der Waals surface area contributed by atoms with Crippen LogP contribution in [0.3, 0.4) is 0 Å². The van der Waals surface area contributed by atoms with E-state index in [4.69, 9.17) is 11.6 Å². The van der Waals surface area contributed by atoms with Crippen LogP contribution in [0.15, 0.2) is 66.7 Å². The van der Waals surface area contributed by atoms with Crippen molar-refractivity contribution >= 4 is 23.0 Å². The molecule has 1 aliphatic heterocycles. The fraction of sp³-hybridized carbons (Fsp3) is 0.182. The molecule has 0 bridgehead atoms. The van der Waals surface area contributed by atoms with Gasteiger partial charge >= 0.3 is 0 Å². The van der Waals surface area contributed by atoms with E-state index in [9.17, 15) is 10.1 Å². The van der Waals surface area contributed by atoms with Crippen molar-refractivity contribution in [3.63, 3.8) is 0 Å². The Morgan fingerprint density at radius 2 is 1.85 bits per heavy atom. The smallest absolute Gasteiger partial charge is 0.269 e. The van der Waals surface area contributed by atoms with Crippen molar-refractivity contribution in [3.05, 3.63) is 104 Å². The molecule has 2 aliphatic rings. The van der Waals surface area contributed by atoms with E-state index in [1.54, 1.807) is 12.1 Å². The fourth-order valence-corrected chi connectivity index (χ4v) is 4.89. The van der Waals surface area contributed by atoms with Crippen LogP contribution in [0.4, 0.5) is 11.4 Å². The van der Waals surface area contributed by atoms with E-state index >= 15 is 0 Å². The number of nitro benzene ring substituents is 1. The lowest BCUT2D eigenvalue weighted by atomic mass is 9.75. The number of hydrogen-bond acceptors (Lipinski definition) is 3. The zero-order valence-electron chi connectivity index (χ0n) is 14.4. The van der Waals surface area contributed by atoms with E-state index < -0.39 is 0 Å². The second-order valence-electron chi connectivity index (χ2n) is 7.25. The average Bonchev–Trinajstić information content (AvgIpc) is 3.06. The number of hydrogen-bond donors (Lipinski definition) is 1. The van der Waals surface area contributed by atoms with Gasteiger partial charge in [-0.1, -0.05) is 48.0 Å². The molecule has 5 rings (SSSR count). The highest BCUT2D eigenvalue weighted by molar-refractivity contribution is 6.30. The zero-order valence-corrected chi connectivity index (χ0v) is 15.2. The first-order valence-corrected chi connectivity index (χ1v) is 9.38. The quantitative estimate of drug-likeness (QED) is 0.459. The highest BCUT2D eigenvalue weighted by Crippen LogP contribution is 2.54. The molecule has 0 unspecified atom stereocenters. The van der Waals surface area contributed by atoms with Crippen molar-refractivity contribution < 1.29 is 4.92 Å². The molecular formula is C22H17ClN2O2. The van der Waals surface area contributed by atoms with E-state index in [0.29, 0.717) is 0 Å². The van der Waals surface area contributed by atoms with Crippen molar-refractivity contribution in [1.82, 2.24) is 0 Å². The molecule has 1 heterocycles. The Labute approximate surface area is 161 Å². The number of anilines is 1. The number of rotatable bonds is 2. The third-order valence-corrected chi connectivity index (χ3v) is 6.04.